The summed E-state index contributed by atoms with van der Waals surface area (Å²) >= 11 is 6.25. The van der Waals surface area contributed by atoms with Crippen LogP contribution in [0.15, 0.2) is 59.3 Å². The predicted molar refractivity (Wildman–Crippen MR) is 111 cm³/mol. The monoisotopic (exact) mass is 423 g/mol. The van der Waals surface area contributed by atoms with Crippen LogP contribution >= 0.6 is 11.6 Å². The summed E-state index contributed by atoms with van der Waals surface area (Å²) in [5.41, 5.74) is 2.89. The number of carbonyl (C=O) groups is 1. The Morgan fingerprint density at radius 2 is 1.97 bits per heavy atom. The first-order valence-electron chi connectivity index (χ1n) is 9.12. The van der Waals surface area contributed by atoms with Gasteiger partial charge in [-0.1, -0.05) is 47.1 Å². The zero-order chi connectivity index (χ0) is 21.1. The minimum atomic E-state index is -0.476. The van der Waals surface area contributed by atoms with Gasteiger partial charge >= 0.3 is 11.8 Å². The van der Waals surface area contributed by atoms with E-state index >= 15 is 0 Å². The lowest BCUT2D eigenvalue weighted by atomic mass is 10.2. The highest BCUT2D eigenvalue weighted by Gasteiger charge is 2.20. The Bertz CT molecular complexity index is 1200. The number of aryl methyl sites for hydroxylation is 1. The molecule has 0 spiro atoms. The Hall–Kier alpha value is -3.65. The molecule has 0 unspecified atom stereocenters. The van der Waals surface area contributed by atoms with Gasteiger partial charge in [0.05, 0.1) is 29.1 Å². The minimum absolute atomic E-state index is 0.134. The molecule has 0 fully saturated rings. The first-order valence-corrected chi connectivity index (χ1v) is 9.50. The number of aromatic nitrogens is 4. The third-order valence-corrected chi connectivity index (χ3v) is 4.81. The van der Waals surface area contributed by atoms with Crippen molar-refractivity contribution in [2.75, 3.05) is 7.11 Å². The molecule has 8 nitrogen and oxygen atoms in total. The van der Waals surface area contributed by atoms with Crippen molar-refractivity contribution in [3.05, 3.63) is 76.9 Å². The van der Waals surface area contributed by atoms with Gasteiger partial charge in [-0.05, 0) is 25.1 Å². The first-order chi connectivity index (χ1) is 14.6. The van der Waals surface area contributed by atoms with E-state index < -0.39 is 5.91 Å². The SMILES string of the molecule is COc1ccccc1CNC(=O)c1nc(-c2cn(-c3ccccc3Cl)nc2C)no1. The fourth-order valence-corrected chi connectivity index (χ4v) is 3.19. The quantitative estimate of drug-likeness (QED) is 0.506. The molecule has 0 atom stereocenters. The van der Waals surface area contributed by atoms with Crippen molar-refractivity contribution in [2.24, 2.45) is 0 Å². The Morgan fingerprint density at radius 3 is 2.77 bits per heavy atom. The van der Waals surface area contributed by atoms with Crippen LogP contribution in [-0.2, 0) is 6.54 Å². The van der Waals surface area contributed by atoms with Crippen LogP contribution in [-0.4, -0.2) is 32.9 Å². The molecular weight excluding hydrogens is 406 g/mol. The van der Waals surface area contributed by atoms with Crippen LogP contribution in [0.2, 0.25) is 5.02 Å². The molecule has 1 N–H and O–H groups in total. The molecule has 0 aliphatic carbocycles. The molecule has 4 aromatic rings. The zero-order valence-corrected chi connectivity index (χ0v) is 17.1. The summed E-state index contributed by atoms with van der Waals surface area (Å²) in [6.45, 7) is 2.09. The van der Waals surface area contributed by atoms with E-state index in [4.69, 9.17) is 20.9 Å². The van der Waals surface area contributed by atoms with Gasteiger partial charge in [0.15, 0.2) is 0 Å². The fraction of sp³-hybridized carbons (Fsp3) is 0.143. The van der Waals surface area contributed by atoms with Crippen LogP contribution in [0.3, 0.4) is 0 Å². The molecule has 0 saturated heterocycles. The number of nitrogens with zero attached hydrogens (tertiary/aromatic N) is 4. The van der Waals surface area contributed by atoms with Crippen LogP contribution in [0.25, 0.3) is 17.1 Å². The Morgan fingerprint density at radius 1 is 1.20 bits per heavy atom. The molecule has 4 rings (SSSR count). The summed E-state index contributed by atoms with van der Waals surface area (Å²) < 4.78 is 12.1. The summed E-state index contributed by atoms with van der Waals surface area (Å²) in [5.74, 6) is 0.348. The van der Waals surface area contributed by atoms with Crippen LogP contribution < -0.4 is 10.1 Å². The third-order valence-electron chi connectivity index (χ3n) is 4.49. The van der Waals surface area contributed by atoms with Crippen LogP contribution in [0.4, 0.5) is 0 Å². The van der Waals surface area contributed by atoms with Crippen LogP contribution in [0.1, 0.15) is 21.9 Å². The number of hydrogen-bond donors (Lipinski definition) is 1. The number of hydrogen-bond acceptors (Lipinski definition) is 6. The smallest absolute Gasteiger partial charge is 0.316 e. The summed E-state index contributed by atoms with van der Waals surface area (Å²) in [6.07, 6.45) is 1.75. The van der Waals surface area contributed by atoms with Gasteiger partial charge in [-0.25, -0.2) is 4.68 Å². The minimum Gasteiger partial charge on any atom is -0.496 e. The molecule has 2 aromatic heterocycles. The lowest BCUT2D eigenvalue weighted by Gasteiger charge is -2.07. The molecular formula is C21H18ClN5O3. The Kier molecular flexibility index (Phi) is 5.49. The van der Waals surface area contributed by atoms with Gasteiger partial charge in [0.25, 0.3) is 0 Å². The topological polar surface area (TPSA) is 95.1 Å². The maximum atomic E-state index is 12.4. The van der Waals surface area contributed by atoms with Crippen molar-refractivity contribution in [3.63, 3.8) is 0 Å². The summed E-state index contributed by atoms with van der Waals surface area (Å²) in [5, 5.41) is 11.7. The molecule has 0 saturated carbocycles. The molecule has 0 aliphatic rings. The molecule has 1 amide bonds. The number of carbonyl (C=O) groups excluding carboxylic acids is 1. The highest BCUT2D eigenvalue weighted by atomic mass is 35.5. The fourth-order valence-electron chi connectivity index (χ4n) is 2.97. The Labute approximate surface area is 177 Å². The second-order valence-electron chi connectivity index (χ2n) is 6.44. The number of methoxy groups -OCH3 is 1. The van der Waals surface area contributed by atoms with Gasteiger partial charge in [-0.15, -0.1) is 0 Å². The van der Waals surface area contributed by atoms with E-state index in [1.807, 2.05) is 49.4 Å². The molecule has 0 bridgehead atoms. The summed E-state index contributed by atoms with van der Waals surface area (Å²) in [7, 11) is 1.58. The van der Waals surface area contributed by atoms with E-state index in [0.29, 0.717) is 22.0 Å². The van der Waals surface area contributed by atoms with Gasteiger partial charge in [0.2, 0.25) is 5.82 Å². The van der Waals surface area contributed by atoms with Gasteiger partial charge in [-0.3, -0.25) is 4.79 Å². The van der Waals surface area contributed by atoms with E-state index in [-0.39, 0.29) is 18.3 Å². The molecule has 0 aliphatic heterocycles. The number of benzene rings is 2. The number of para-hydroxylation sites is 2. The van der Waals surface area contributed by atoms with Gasteiger partial charge in [0, 0.05) is 18.3 Å². The van der Waals surface area contributed by atoms with Gasteiger partial charge < -0.3 is 14.6 Å². The largest absolute Gasteiger partial charge is 0.496 e. The van der Waals surface area contributed by atoms with Crippen molar-refractivity contribution in [2.45, 2.75) is 13.5 Å². The highest BCUT2D eigenvalue weighted by molar-refractivity contribution is 6.32. The van der Waals surface area contributed by atoms with E-state index in [2.05, 4.69) is 20.6 Å². The Balaban J connectivity index is 1.52. The molecule has 2 aromatic carbocycles. The van der Waals surface area contributed by atoms with E-state index in [9.17, 15) is 4.79 Å². The zero-order valence-electron chi connectivity index (χ0n) is 16.3. The lowest BCUT2D eigenvalue weighted by molar-refractivity contribution is 0.0906. The number of rotatable bonds is 6. The second kappa shape index (κ2) is 8.38. The number of nitrogens with one attached hydrogen (secondary N) is 1. The maximum Gasteiger partial charge on any atom is 0.316 e. The molecule has 0 radical (unpaired) electrons. The maximum absolute atomic E-state index is 12.4. The molecule has 9 heteroatoms. The van der Waals surface area contributed by atoms with Crippen molar-refractivity contribution >= 4 is 17.5 Å². The van der Waals surface area contributed by atoms with Gasteiger partial charge in [0.1, 0.15) is 5.75 Å². The predicted octanol–water partition coefficient (Wildman–Crippen LogP) is 3.82. The van der Waals surface area contributed by atoms with Crippen molar-refractivity contribution in [1.29, 1.82) is 0 Å². The standard InChI is InChI=1S/C21H18ClN5O3/c1-13-15(12-27(25-13)17-9-5-4-8-16(17)22)19-24-21(30-26-19)20(28)23-11-14-7-3-6-10-18(14)29-2/h3-10,12H,11H2,1-2H3,(H,23,28). The van der Waals surface area contributed by atoms with Crippen molar-refractivity contribution in [3.8, 4) is 22.8 Å². The van der Waals surface area contributed by atoms with Crippen molar-refractivity contribution < 1.29 is 14.1 Å². The number of amides is 1. The van der Waals surface area contributed by atoms with Crippen LogP contribution in [0, 0.1) is 6.92 Å². The highest BCUT2D eigenvalue weighted by Crippen LogP contribution is 2.25. The molecule has 152 valence electrons. The number of ether oxygens (including phenoxy) is 1. The molecule has 2 heterocycles. The normalized spacial score (nSPS) is 10.8. The average Bonchev–Trinajstić information content (AvgIpc) is 3.39. The van der Waals surface area contributed by atoms with Gasteiger partial charge in [-0.2, -0.15) is 10.1 Å². The number of halogens is 1. The van der Waals surface area contributed by atoms with Crippen LogP contribution in [0.5, 0.6) is 5.75 Å². The lowest BCUT2D eigenvalue weighted by Crippen LogP contribution is -2.23. The first kappa shape index (κ1) is 19.7. The third kappa shape index (κ3) is 3.90. The van der Waals surface area contributed by atoms with E-state index in [1.54, 1.807) is 24.1 Å². The van der Waals surface area contributed by atoms with E-state index in [0.717, 1.165) is 11.3 Å². The van der Waals surface area contributed by atoms with Crippen molar-refractivity contribution in [1.82, 2.24) is 25.2 Å². The second-order valence-corrected chi connectivity index (χ2v) is 6.85. The molecule has 30 heavy (non-hydrogen) atoms. The summed E-state index contributed by atoms with van der Waals surface area (Å²) in [4.78, 5) is 16.7. The average molecular weight is 424 g/mol. The van der Waals surface area contributed by atoms with E-state index in [1.165, 1.54) is 0 Å². The summed E-state index contributed by atoms with van der Waals surface area (Å²) in [6, 6.07) is 14.8.